The highest BCUT2D eigenvalue weighted by atomic mass is 32.1. The molecule has 122 valence electrons. The van der Waals surface area contributed by atoms with E-state index in [1.165, 1.54) is 0 Å². The number of anilines is 2. The summed E-state index contributed by atoms with van der Waals surface area (Å²) in [5.74, 6) is -0.596. The van der Waals surface area contributed by atoms with Gasteiger partial charge in [0.05, 0.1) is 6.42 Å². The highest BCUT2D eigenvalue weighted by molar-refractivity contribution is 7.13. The molecule has 4 nitrogen and oxygen atoms in total. The molecule has 0 aliphatic heterocycles. The third kappa shape index (κ3) is 4.38. The molecule has 8 heteroatoms. The first-order chi connectivity index (χ1) is 10.8. The number of nitrogens with zero attached hydrogens (tertiary/aromatic N) is 1. The molecule has 2 aromatic rings. The Balaban J connectivity index is 2.07. The van der Waals surface area contributed by atoms with Crippen LogP contribution in [0.1, 0.15) is 30.5 Å². The number of aldehydes is 1. The molecule has 1 N–H and O–H groups in total. The second-order valence-corrected chi connectivity index (χ2v) is 5.70. The Kier molecular flexibility index (Phi) is 5.15. The third-order valence-electron chi connectivity index (χ3n) is 3.22. The summed E-state index contributed by atoms with van der Waals surface area (Å²) in [4.78, 5) is 25.5. The molecule has 1 aromatic carbocycles. The van der Waals surface area contributed by atoms with E-state index in [4.69, 9.17) is 0 Å². The first-order valence-electron chi connectivity index (χ1n) is 6.67. The molecule has 1 heterocycles. The number of halogens is 3. The summed E-state index contributed by atoms with van der Waals surface area (Å²) < 4.78 is 37.4. The van der Waals surface area contributed by atoms with Gasteiger partial charge in [-0.3, -0.25) is 4.79 Å². The summed E-state index contributed by atoms with van der Waals surface area (Å²) in [5, 5.41) is 3.86. The summed E-state index contributed by atoms with van der Waals surface area (Å²) in [5.41, 5.74) is 0.360. The van der Waals surface area contributed by atoms with Gasteiger partial charge in [0, 0.05) is 17.0 Å². The molecule has 1 atom stereocenters. The Morgan fingerprint density at radius 1 is 1.35 bits per heavy atom. The van der Waals surface area contributed by atoms with Crippen LogP contribution in [0.4, 0.5) is 24.0 Å². The number of Topliss-reactive ketones (excluding diaryl/α,β-unsaturated/α-hetero) is 1. The van der Waals surface area contributed by atoms with E-state index in [1.54, 1.807) is 31.2 Å². The molecule has 0 aliphatic rings. The molecule has 2 rings (SSSR count). The van der Waals surface area contributed by atoms with E-state index in [2.05, 4.69) is 10.3 Å². The van der Waals surface area contributed by atoms with E-state index >= 15 is 0 Å². The fourth-order valence-corrected chi connectivity index (χ4v) is 2.62. The molecule has 1 aromatic heterocycles. The lowest BCUT2D eigenvalue weighted by atomic mass is 9.95. The van der Waals surface area contributed by atoms with Crippen molar-refractivity contribution in [1.29, 1.82) is 0 Å². The van der Waals surface area contributed by atoms with Crippen LogP contribution in [0.25, 0.3) is 0 Å². The van der Waals surface area contributed by atoms with E-state index in [9.17, 15) is 22.8 Å². The molecule has 0 saturated carbocycles. The first kappa shape index (κ1) is 17.1. The number of aromatic nitrogens is 1. The van der Waals surface area contributed by atoms with Gasteiger partial charge in [0.1, 0.15) is 12.1 Å². The number of ketones is 1. The minimum atomic E-state index is -4.46. The summed E-state index contributed by atoms with van der Waals surface area (Å²) in [7, 11) is 0. The van der Waals surface area contributed by atoms with Crippen molar-refractivity contribution in [2.75, 3.05) is 5.32 Å². The van der Waals surface area contributed by atoms with Gasteiger partial charge in [-0.25, -0.2) is 4.98 Å². The van der Waals surface area contributed by atoms with Gasteiger partial charge in [0.15, 0.2) is 10.8 Å². The van der Waals surface area contributed by atoms with Gasteiger partial charge in [0.25, 0.3) is 0 Å². The Bertz CT molecular complexity index is 695. The molecule has 0 saturated heterocycles. The Morgan fingerprint density at radius 3 is 2.52 bits per heavy atom. The number of hydrogen-bond acceptors (Lipinski definition) is 5. The van der Waals surface area contributed by atoms with Crippen molar-refractivity contribution in [3.63, 3.8) is 0 Å². The number of carbonyl (C=O) groups excluding carboxylic acids is 2. The molecular weight excluding hydrogens is 329 g/mol. The minimum Gasteiger partial charge on any atom is -0.332 e. The molecule has 0 spiro atoms. The minimum absolute atomic E-state index is 0.134. The highest BCUT2D eigenvalue weighted by Gasteiger charge is 2.33. The summed E-state index contributed by atoms with van der Waals surface area (Å²) in [6.45, 7) is 1.70. The first-order valence-corrected chi connectivity index (χ1v) is 7.55. The normalized spacial score (nSPS) is 12.7. The smallest absolute Gasteiger partial charge is 0.332 e. The molecular formula is C15H13F3N2O2S. The number of nitrogens with one attached hydrogen (secondary N) is 1. The molecule has 0 fully saturated rings. The van der Waals surface area contributed by atoms with Crippen LogP contribution in [0.3, 0.4) is 0 Å². The molecule has 0 bridgehead atoms. The second-order valence-electron chi connectivity index (χ2n) is 4.84. The van der Waals surface area contributed by atoms with E-state index in [0.717, 1.165) is 22.3 Å². The van der Waals surface area contributed by atoms with E-state index in [0.29, 0.717) is 12.0 Å². The number of benzene rings is 1. The standard InChI is InChI=1S/C15H13F3N2O2S/c1-9(12(22)6-7-21)10-2-4-11(5-3-10)19-14-20-13(8-23-14)15(16,17)18/h2-5,7-9H,6H2,1H3,(H,19,20)/t9-/m1/s1. The van der Waals surface area contributed by atoms with Crippen LogP contribution >= 0.6 is 11.3 Å². The average molecular weight is 342 g/mol. The summed E-state index contributed by atoms with van der Waals surface area (Å²) in [6, 6.07) is 6.67. The lowest BCUT2D eigenvalue weighted by molar-refractivity contribution is -0.140. The Hall–Kier alpha value is -2.22. The van der Waals surface area contributed by atoms with Crippen molar-refractivity contribution >= 4 is 34.2 Å². The second kappa shape index (κ2) is 6.91. The highest BCUT2D eigenvalue weighted by Crippen LogP contribution is 2.32. The van der Waals surface area contributed by atoms with Crippen LogP contribution in [0.15, 0.2) is 29.6 Å². The van der Waals surface area contributed by atoms with Gasteiger partial charge in [0.2, 0.25) is 0 Å². The molecule has 0 radical (unpaired) electrons. The Morgan fingerprint density at radius 2 is 2.00 bits per heavy atom. The van der Waals surface area contributed by atoms with Crippen LogP contribution in [0.2, 0.25) is 0 Å². The van der Waals surface area contributed by atoms with Crippen LogP contribution in [-0.2, 0) is 15.8 Å². The van der Waals surface area contributed by atoms with Gasteiger partial charge in [-0.1, -0.05) is 19.1 Å². The number of alkyl halides is 3. The van der Waals surface area contributed by atoms with Gasteiger partial charge in [-0.15, -0.1) is 11.3 Å². The molecule has 23 heavy (non-hydrogen) atoms. The van der Waals surface area contributed by atoms with Gasteiger partial charge in [-0.2, -0.15) is 13.2 Å². The lowest BCUT2D eigenvalue weighted by Gasteiger charge is -2.10. The van der Waals surface area contributed by atoms with Crippen molar-refractivity contribution in [2.45, 2.75) is 25.4 Å². The number of rotatable bonds is 6. The van der Waals surface area contributed by atoms with Crippen molar-refractivity contribution in [2.24, 2.45) is 0 Å². The van der Waals surface area contributed by atoms with Gasteiger partial charge in [-0.05, 0) is 17.7 Å². The summed E-state index contributed by atoms with van der Waals surface area (Å²) in [6.07, 6.45) is -4.04. The topological polar surface area (TPSA) is 59.1 Å². The van der Waals surface area contributed by atoms with Crippen molar-refractivity contribution in [1.82, 2.24) is 4.98 Å². The maximum atomic E-state index is 12.5. The third-order valence-corrected chi connectivity index (χ3v) is 3.98. The fourth-order valence-electron chi connectivity index (χ4n) is 1.88. The number of hydrogen-bond donors (Lipinski definition) is 1. The molecule has 0 unspecified atom stereocenters. The van der Waals surface area contributed by atoms with Crippen LogP contribution in [-0.4, -0.2) is 17.1 Å². The van der Waals surface area contributed by atoms with Crippen LogP contribution in [0, 0.1) is 0 Å². The number of thiazole rings is 1. The van der Waals surface area contributed by atoms with Crippen molar-refractivity contribution in [3.05, 3.63) is 40.9 Å². The SMILES string of the molecule is C[C@@H](C(=O)CC=O)c1ccc(Nc2nc(C(F)(F)F)cs2)cc1. The van der Waals surface area contributed by atoms with Gasteiger partial charge >= 0.3 is 6.18 Å². The van der Waals surface area contributed by atoms with E-state index in [-0.39, 0.29) is 17.3 Å². The maximum absolute atomic E-state index is 12.5. The van der Waals surface area contributed by atoms with E-state index in [1.807, 2.05) is 0 Å². The van der Waals surface area contributed by atoms with Crippen LogP contribution in [0.5, 0.6) is 0 Å². The van der Waals surface area contributed by atoms with Gasteiger partial charge < -0.3 is 10.1 Å². The predicted molar refractivity (Wildman–Crippen MR) is 80.9 cm³/mol. The van der Waals surface area contributed by atoms with Crippen molar-refractivity contribution in [3.8, 4) is 0 Å². The monoisotopic (exact) mass is 342 g/mol. The zero-order valence-corrected chi connectivity index (χ0v) is 12.9. The fraction of sp³-hybridized carbons (Fsp3) is 0.267. The molecule has 0 aliphatic carbocycles. The maximum Gasteiger partial charge on any atom is 0.434 e. The Labute approximate surface area is 134 Å². The van der Waals surface area contributed by atoms with E-state index < -0.39 is 17.8 Å². The van der Waals surface area contributed by atoms with Crippen molar-refractivity contribution < 1.29 is 22.8 Å². The predicted octanol–water partition coefficient (Wildman–Crippen LogP) is 4.17. The number of carbonyl (C=O) groups is 2. The molecule has 0 amide bonds. The summed E-state index contributed by atoms with van der Waals surface area (Å²) >= 11 is 0.858. The zero-order valence-electron chi connectivity index (χ0n) is 12.1. The quantitative estimate of drug-likeness (QED) is 0.632. The zero-order chi connectivity index (χ0) is 17.0. The van der Waals surface area contributed by atoms with Crippen LogP contribution < -0.4 is 5.32 Å². The largest absolute Gasteiger partial charge is 0.434 e. The average Bonchev–Trinajstić information content (AvgIpc) is 2.96. The lowest BCUT2D eigenvalue weighted by Crippen LogP contribution is -2.09.